The van der Waals surface area contributed by atoms with Gasteiger partial charge in [-0.05, 0) is 37.0 Å². The Kier molecular flexibility index (Phi) is 7.70. The summed E-state index contributed by atoms with van der Waals surface area (Å²) in [7, 11) is 0. The molecule has 2 aromatic rings. The lowest BCUT2D eigenvalue weighted by molar-refractivity contribution is -0.385. The standard InChI is InChI=1S/C21H24N2O6/c1-4-14(2)16-9-5-6-10-17(16)22-21(25)15(3)29-20(24)13-28-19-12-8-7-11-18(19)23(26)27/h5-12,14-15H,4,13H2,1-3H3,(H,22,25)/t14-,15-/m1/s1. The zero-order valence-corrected chi connectivity index (χ0v) is 16.6. The summed E-state index contributed by atoms with van der Waals surface area (Å²) in [4.78, 5) is 34.8. The predicted molar refractivity (Wildman–Crippen MR) is 108 cm³/mol. The fourth-order valence-electron chi connectivity index (χ4n) is 2.65. The predicted octanol–water partition coefficient (Wildman–Crippen LogP) is 4.06. The third kappa shape index (κ3) is 6.03. The van der Waals surface area contributed by atoms with E-state index in [9.17, 15) is 19.7 Å². The maximum Gasteiger partial charge on any atom is 0.344 e. The smallest absolute Gasteiger partial charge is 0.344 e. The molecule has 0 unspecified atom stereocenters. The third-order valence-corrected chi connectivity index (χ3v) is 4.45. The Hall–Kier alpha value is -3.42. The number of anilines is 1. The van der Waals surface area contributed by atoms with E-state index in [4.69, 9.17) is 9.47 Å². The minimum Gasteiger partial charge on any atom is -0.475 e. The van der Waals surface area contributed by atoms with Gasteiger partial charge in [-0.25, -0.2) is 4.79 Å². The van der Waals surface area contributed by atoms with Crippen molar-refractivity contribution < 1.29 is 24.0 Å². The summed E-state index contributed by atoms with van der Waals surface area (Å²) in [6.45, 7) is 5.02. The number of benzene rings is 2. The minimum atomic E-state index is -1.05. The number of nitrogens with one attached hydrogen (secondary N) is 1. The molecule has 0 bridgehead atoms. The van der Waals surface area contributed by atoms with Crippen LogP contribution in [0.15, 0.2) is 48.5 Å². The molecule has 0 aliphatic heterocycles. The molecule has 8 nitrogen and oxygen atoms in total. The Morgan fingerprint density at radius 2 is 1.76 bits per heavy atom. The second-order valence-electron chi connectivity index (χ2n) is 6.53. The van der Waals surface area contributed by atoms with Crippen molar-refractivity contribution in [2.24, 2.45) is 0 Å². The summed E-state index contributed by atoms with van der Waals surface area (Å²) in [6.07, 6.45) is -0.137. The number of para-hydroxylation sites is 3. The number of rotatable bonds is 9. The molecule has 0 heterocycles. The van der Waals surface area contributed by atoms with E-state index in [1.165, 1.54) is 25.1 Å². The highest BCUT2D eigenvalue weighted by atomic mass is 16.6. The van der Waals surface area contributed by atoms with Gasteiger partial charge in [0.2, 0.25) is 0 Å². The number of hydrogen-bond donors (Lipinski definition) is 1. The zero-order chi connectivity index (χ0) is 21.4. The van der Waals surface area contributed by atoms with Gasteiger partial charge in [-0.1, -0.05) is 44.2 Å². The third-order valence-electron chi connectivity index (χ3n) is 4.45. The molecule has 8 heteroatoms. The van der Waals surface area contributed by atoms with Crippen LogP contribution in [0.4, 0.5) is 11.4 Å². The van der Waals surface area contributed by atoms with Gasteiger partial charge in [-0.3, -0.25) is 14.9 Å². The highest BCUT2D eigenvalue weighted by Crippen LogP contribution is 2.27. The molecule has 0 spiro atoms. The quantitative estimate of drug-likeness (QED) is 0.386. The first kappa shape index (κ1) is 21.9. The molecule has 154 valence electrons. The summed E-state index contributed by atoms with van der Waals surface area (Å²) in [5.41, 5.74) is 1.42. The van der Waals surface area contributed by atoms with E-state index in [1.54, 1.807) is 12.1 Å². The van der Waals surface area contributed by atoms with Gasteiger partial charge in [-0.2, -0.15) is 0 Å². The van der Waals surface area contributed by atoms with Crippen molar-refractivity contribution in [1.82, 2.24) is 0 Å². The van der Waals surface area contributed by atoms with Crippen molar-refractivity contribution in [1.29, 1.82) is 0 Å². The second kappa shape index (κ2) is 10.2. The van der Waals surface area contributed by atoms with E-state index in [2.05, 4.69) is 19.2 Å². The molecule has 2 aromatic carbocycles. The molecule has 0 aliphatic rings. The van der Waals surface area contributed by atoms with Crippen LogP contribution in [-0.4, -0.2) is 29.5 Å². The maximum absolute atomic E-state index is 12.4. The number of nitro benzene ring substituents is 1. The summed E-state index contributed by atoms with van der Waals surface area (Å²) in [5, 5.41) is 13.7. The van der Waals surface area contributed by atoms with E-state index in [0.717, 1.165) is 12.0 Å². The van der Waals surface area contributed by atoms with E-state index >= 15 is 0 Å². The first-order chi connectivity index (χ1) is 13.8. The molecule has 2 rings (SSSR count). The largest absolute Gasteiger partial charge is 0.475 e. The highest BCUT2D eigenvalue weighted by Gasteiger charge is 2.21. The van der Waals surface area contributed by atoms with Gasteiger partial charge in [0.25, 0.3) is 5.91 Å². The molecular weight excluding hydrogens is 376 g/mol. The van der Waals surface area contributed by atoms with Crippen LogP contribution in [0.5, 0.6) is 5.75 Å². The van der Waals surface area contributed by atoms with Crippen LogP contribution in [0.25, 0.3) is 0 Å². The average molecular weight is 400 g/mol. The van der Waals surface area contributed by atoms with E-state index in [-0.39, 0.29) is 17.4 Å². The number of ether oxygens (including phenoxy) is 2. The molecule has 0 aliphatic carbocycles. The van der Waals surface area contributed by atoms with Crippen molar-refractivity contribution in [3.05, 3.63) is 64.2 Å². The summed E-state index contributed by atoms with van der Waals surface area (Å²) in [5.74, 6) is -1.06. The van der Waals surface area contributed by atoms with Gasteiger partial charge in [0.05, 0.1) is 4.92 Å². The molecule has 1 N–H and O–H groups in total. The molecule has 2 atom stereocenters. The molecule has 0 fully saturated rings. The van der Waals surface area contributed by atoms with Gasteiger partial charge in [0.1, 0.15) is 0 Å². The van der Waals surface area contributed by atoms with Crippen LogP contribution < -0.4 is 10.1 Å². The molecule has 29 heavy (non-hydrogen) atoms. The number of amides is 1. The lowest BCUT2D eigenvalue weighted by Gasteiger charge is -2.18. The lowest BCUT2D eigenvalue weighted by Crippen LogP contribution is -2.32. The topological polar surface area (TPSA) is 108 Å². The average Bonchev–Trinajstić information content (AvgIpc) is 2.72. The monoisotopic (exact) mass is 400 g/mol. The number of nitrogens with zero attached hydrogens (tertiary/aromatic N) is 1. The number of hydrogen-bond acceptors (Lipinski definition) is 6. The molecule has 0 saturated heterocycles. The van der Waals surface area contributed by atoms with Gasteiger partial charge in [-0.15, -0.1) is 0 Å². The number of nitro groups is 1. The van der Waals surface area contributed by atoms with Gasteiger partial charge < -0.3 is 14.8 Å². The Balaban J connectivity index is 1.93. The van der Waals surface area contributed by atoms with Crippen molar-refractivity contribution in [2.45, 2.75) is 39.2 Å². The first-order valence-electron chi connectivity index (χ1n) is 9.29. The van der Waals surface area contributed by atoms with Crippen molar-refractivity contribution in [3.8, 4) is 5.75 Å². The Morgan fingerprint density at radius 1 is 1.10 bits per heavy atom. The minimum absolute atomic E-state index is 0.0472. The van der Waals surface area contributed by atoms with Gasteiger partial charge in [0.15, 0.2) is 18.5 Å². The fourth-order valence-corrected chi connectivity index (χ4v) is 2.65. The zero-order valence-electron chi connectivity index (χ0n) is 16.6. The van der Waals surface area contributed by atoms with Crippen LogP contribution >= 0.6 is 0 Å². The van der Waals surface area contributed by atoms with E-state index < -0.39 is 29.5 Å². The van der Waals surface area contributed by atoms with E-state index in [0.29, 0.717) is 5.69 Å². The van der Waals surface area contributed by atoms with Crippen LogP contribution in [0, 0.1) is 10.1 Å². The Morgan fingerprint density at radius 3 is 2.45 bits per heavy atom. The molecule has 0 saturated carbocycles. The Labute approximate surface area is 169 Å². The number of carbonyl (C=O) groups excluding carboxylic acids is 2. The normalized spacial score (nSPS) is 12.5. The highest BCUT2D eigenvalue weighted by molar-refractivity contribution is 5.95. The van der Waals surface area contributed by atoms with Crippen molar-refractivity contribution in [2.75, 3.05) is 11.9 Å². The van der Waals surface area contributed by atoms with E-state index in [1.807, 2.05) is 18.2 Å². The molecule has 0 radical (unpaired) electrons. The summed E-state index contributed by atoms with van der Waals surface area (Å²) in [6, 6.07) is 13.2. The van der Waals surface area contributed by atoms with Gasteiger partial charge >= 0.3 is 11.7 Å². The van der Waals surface area contributed by atoms with Crippen molar-refractivity contribution >= 4 is 23.3 Å². The molecule has 0 aromatic heterocycles. The van der Waals surface area contributed by atoms with Crippen LogP contribution in [0.3, 0.4) is 0 Å². The first-order valence-corrected chi connectivity index (χ1v) is 9.29. The molecule has 1 amide bonds. The van der Waals surface area contributed by atoms with Crippen LogP contribution in [0.1, 0.15) is 38.7 Å². The lowest BCUT2D eigenvalue weighted by atomic mass is 9.97. The SMILES string of the molecule is CC[C@@H](C)c1ccccc1NC(=O)[C@@H](C)OC(=O)COc1ccccc1[N+](=O)[O-]. The van der Waals surface area contributed by atoms with Crippen molar-refractivity contribution in [3.63, 3.8) is 0 Å². The summed E-state index contributed by atoms with van der Waals surface area (Å²) >= 11 is 0. The molecular formula is C21H24N2O6. The Bertz CT molecular complexity index is 883. The summed E-state index contributed by atoms with van der Waals surface area (Å²) < 4.78 is 10.3. The van der Waals surface area contributed by atoms with Crippen LogP contribution in [-0.2, 0) is 14.3 Å². The maximum atomic E-state index is 12.4. The number of esters is 1. The number of carbonyl (C=O) groups is 2. The van der Waals surface area contributed by atoms with Crippen LogP contribution in [0.2, 0.25) is 0 Å². The van der Waals surface area contributed by atoms with Gasteiger partial charge in [0, 0.05) is 11.8 Å². The fraction of sp³-hybridized carbons (Fsp3) is 0.333. The second-order valence-corrected chi connectivity index (χ2v) is 6.53.